The number of nitrogens with zero attached hydrogens (tertiary/aromatic N) is 2. The number of H-pyrrole nitrogens is 1. The highest BCUT2D eigenvalue weighted by molar-refractivity contribution is 6.33. The van der Waals surface area contributed by atoms with E-state index >= 15 is 0 Å². The van der Waals surface area contributed by atoms with Crippen LogP contribution in [0.5, 0.6) is 5.75 Å². The van der Waals surface area contributed by atoms with Crippen molar-refractivity contribution in [1.82, 2.24) is 15.4 Å². The van der Waals surface area contributed by atoms with E-state index in [1.807, 2.05) is 0 Å². The smallest absolute Gasteiger partial charge is 0.271 e. The lowest BCUT2D eigenvalue weighted by atomic mass is 10.2. The maximum atomic E-state index is 13.7. The van der Waals surface area contributed by atoms with Gasteiger partial charge in [0.2, 0.25) is 0 Å². The summed E-state index contributed by atoms with van der Waals surface area (Å²) in [7, 11) is 0. The van der Waals surface area contributed by atoms with Gasteiger partial charge in [0.15, 0.2) is 0 Å². The Labute approximate surface area is 169 Å². The number of hydrogen-bond donors (Lipinski definition) is 3. The number of fused-ring (bicyclic) bond motifs is 1. The molecule has 4 rings (SSSR count). The lowest BCUT2D eigenvalue weighted by Crippen LogP contribution is -2.17. The molecule has 0 aliphatic heterocycles. The van der Waals surface area contributed by atoms with E-state index in [-0.39, 0.29) is 16.3 Å². The molecule has 3 N–H and O–H groups in total. The zero-order valence-corrected chi connectivity index (χ0v) is 15.6. The first kappa shape index (κ1) is 18.6. The van der Waals surface area contributed by atoms with Gasteiger partial charge in [-0.25, -0.2) is 14.8 Å². The Kier molecular flexibility index (Phi) is 4.97. The van der Waals surface area contributed by atoms with E-state index in [2.05, 4.69) is 20.5 Å². The third-order valence-electron chi connectivity index (χ3n) is 4.26. The first-order valence-corrected chi connectivity index (χ1v) is 8.96. The fourth-order valence-corrected chi connectivity index (χ4v) is 3.02. The third kappa shape index (κ3) is 3.81. The fraction of sp³-hybridized carbons (Fsp3) is 0. The molecular formula is C21H14ClFN4O2. The number of nitrogens with one attached hydrogen (secondary N) is 2. The van der Waals surface area contributed by atoms with Crippen LogP contribution in [-0.2, 0) is 0 Å². The molecule has 29 heavy (non-hydrogen) atoms. The van der Waals surface area contributed by atoms with Crippen LogP contribution in [0, 0.1) is 5.82 Å². The van der Waals surface area contributed by atoms with Crippen molar-refractivity contribution in [2.45, 2.75) is 0 Å². The number of phenolic OH excluding ortho intramolecular Hbond substituents is 1. The number of carbonyl (C=O) groups excluding carboxylic acids is 1. The molecule has 0 saturated heterocycles. The Bertz CT molecular complexity index is 1230. The monoisotopic (exact) mass is 408 g/mol. The second-order valence-electron chi connectivity index (χ2n) is 6.17. The summed E-state index contributed by atoms with van der Waals surface area (Å²) in [5.41, 5.74) is 4.59. The number of hydrazone groups is 1. The molecule has 4 aromatic rings. The fourth-order valence-electron chi connectivity index (χ4n) is 2.81. The number of imidazole rings is 1. The predicted octanol–water partition coefficient (Wildman–Crippen LogP) is 4.49. The van der Waals surface area contributed by atoms with Crippen molar-refractivity contribution in [3.8, 4) is 17.1 Å². The van der Waals surface area contributed by atoms with Gasteiger partial charge in [-0.2, -0.15) is 5.10 Å². The number of aromatic hydroxyl groups is 1. The Balaban J connectivity index is 1.55. The summed E-state index contributed by atoms with van der Waals surface area (Å²) in [6.07, 6.45) is 1.15. The molecule has 0 aliphatic carbocycles. The van der Waals surface area contributed by atoms with Gasteiger partial charge in [0.05, 0.1) is 27.8 Å². The first-order valence-electron chi connectivity index (χ1n) is 8.58. The molecule has 8 heteroatoms. The molecule has 0 aliphatic rings. The molecular weight excluding hydrogens is 395 g/mol. The molecule has 0 bridgehead atoms. The number of rotatable bonds is 4. The van der Waals surface area contributed by atoms with Gasteiger partial charge >= 0.3 is 0 Å². The quantitative estimate of drug-likeness (QED) is 0.343. The molecule has 1 heterocycles. The van der Waals surface area contributed by atoms with Crippen molar-refractivity contribution in [3.05, 3.63) is 82.6 Å². The summed E-state index contributed by atoms with van der Waals surface area (Å²) < 4.78 is 13.7. The van der Waals surface area contributed by atoms with Crippen LogP contribution < -0.4 is 5.43 Å². The van der Waals surface area contributed by atoms with Gasteiger partial charge in [-0.1, -0.05) is 29.8 Å². The molecule has 1 amide bonds. The SMILES string of the molecule is O=C(N/N=C/c1c(F)cccc1Cl)c1ccc2nc(-c3ccccc3O)[nH]c2c1. The molecule has 0 spiro atoms. The minimum Gasteiger partial charge on any atom is -0.507 e. The number of hydrogen-bond acceptors (Lipinski definition) is 4. The van der Waals surface area contributed by atoms with Crippen LogP contribution in [0.2, 0.25) is 5.02 Å². The van der Waals surface area contributed by atoms with E-state index in [0.29, 0.717) is 28.0 Å². The lowest BCUT2D eigenvalue weighted by molar-refractivity contribution is 0.0955. The zero-order chi connectivity index (χ0) is 20.4. The number of phenols is 1. The standard InChI is InChI=1S/C21H14ClFN4O2/c22-15-5-3-6-16(23)14(15)11-24-27-21(29)12-8-9-17-18(10-12)26-20(25-17)13-4-1-2-7-19(13)28/h1-11,28H,(H,25,26)(H,27,29)/b24-11+. The Morgan fingerprint density at radius 2 is 2.00 bits per heavy atom. The summed E-state index contributed by atoms with van der Waals surface area (Å²) in [5.74, 6) is -0.422. The number of benzene rings is 3. The second kappa shape index (κ2) is 7.73. The zero-order valence-electron chi connectivity index (χ0n) is 14.9. The third-order valence-corrected chi connectivity index (χ3v) is 4.59. The van der Waals surface area contributed by atoms with Crippen molar-refractivity contribution in [1.29, 1.82) is 0 Å². The Morgan fingerprint density at radius 3 is 2.79 bits per heavy atom. The summed E-state index contributed by atoms with van der Waals surface area (Å²) >= 11 is 5.92. The maximum Gasteiger partial charge on any atom is 0.271 e. The number of halogens is 2. The molecule has 0 atom stereocenters. The Hall–Kier alpha value is -3.71. The van der Waals surface area contributed by atoms with Crippen LogP contribution in [0.4, 0.5) is 4.39 Å². The van der Waals surface area contributed by atoms with E-state index in [1.54, 1.807) is 42.5 Å². The summed E-state index contributed by atoms with van der Waals surface area (Å²) in [6, 6.07) is 16.0. The number of carbonyl (C=O) groups is 1. The van der Waals surface area contributed by atoms with Crippen molar-refractivity contribution >= 4 is 34.8 Å². The van der Waals surface area contributed by atoms with Crippen LogP contribution in [0.3, 0.4) is 0 Å². The summed E-state index contributed by atoms with van der Waals surface area (Å²) in [6.45, 7) is 0. The topological polar surface area (TPSA) is 90.4 Å². The van der Waals surface area contributed by atoms with Crippen molar-refractivity contribution in [3.63, 3.8) is 0 Å². The van der Waals surface area contributed by atoms with Gasteiger partial charge in [-0.3, -0.25) is 4.79 Å². The van der Waals surface area contributed by atoms with E-state index in [4.69, 9.17) is 11.6 Å². The minimum atomic E-state index is -0.536. The second-order valence-corrected chi connectivity index (χ2v) is 6.58. The largest absolute Gasteiger partial charge is 0.507 e. The molecule has 0 fully saturated rings. The molecule has 3 aromatic carbocycles. The van der Waals surface area contributed by atoms with Crippen LogP contribution >= 0.6 is 11.6 Å². The maximum absolute atomic E-state index is 13.7. The van der Waals surface area contributed by atoms with E-state index in [9.17, 15) is 14.3 Å². The van der Waals surface area contributed by atoms with Crippen molar-refractivity contribution < 1.29 is 14.3 Å². The minimum absolute atomic E-state index is 0.0887. The van der Waals surface area contributed by atoms with Crippen LogP contribution in [0.25, 0.3) is 22.4 Å². The van der Waals surface area contributed by atoms with Crippen LogP contribution in [0.15, 0.2) is 65.8 Å². The molecule has 0 radical (unpaired) electrons. The van der Waals surface area contributed by atoms with Gasteiger partial charge in [0.1, 0.15) is 17.4 Å². The van der Waals surface area contributed by atoms with Crippen molar-refractivity contribution in [2.24, 2.45) is 5.10 Å². The van der Waals surface area contributed by atoms with Gasteiger partial charge in [0.25, 0.3) is 5.91 Å². The van der Waals surface area contributed by atoms with E-state index < -0.39 is 11.7 Å². The average Bonchev–Trinajstić information content (AvgIpc) is 3.13. The van der Waals surface area contributed by atoms with E-state index in [1.165, 1.54) is 18.2 Å². The number of aromatic nitrogens is 2. The predicted molar refractivity (Wildman–Crippen MR) is 110 cm³/mol. The summed E-state index contributed by atoms with van der Waals surface area (Å²) in [5, 5.41) is 14.0. The Morgan fingerprint density at radius 1 is 1.17 bits per heavy atom. The number of aromatic amines is 1. The lowest BCUT2D eigenvalue weighted by Gasteiger charge is -2.01. The first-order chi connectivity index (χ1) is 14.0. The number of para-hydroxylation sites is 1. The molecule has 144 valence electrons. The highest BCUT2D eigenvalue weighted by atomic mass is 35.5. The van der Waals surface area contributed by atoms with Gasteiger partial charge in [-0.15, -0.1) is 0 Å². The molecule has 1 aromatic heterocycles. The van der Waals surface area contributed by atoms with Gasteiger partial charge in [0, 0.05) is 11.1 Å². The molecule has 0 unspecified atom stereocenters. The summed E-state index contributed by atoms with van der Waals surface area (Å²) in [4.78, 5) is 19.9. The van der Waals surface area contributed by atoms with Gasteiger partial charge in [-0.05, 0) is 42.5 Å². The van der Waals surface area contributed by atoms with Gasteiger partial charge < -0.3 is 10.1 Å². The normalized spacial score (nSPS) is 11.2. The highest BCUT2D eigenvalue weighted by Crippen LogP contribution is 2.28. The highest BCUT2D eigenvalue weighted by Gasteiger charge is 2.12. The van der Waals surface area contributed by atoms with Crippen LogP contribution in [0.1, 0.15) is 15.9 Å². The number of amides is 1. The van der Waals surface area contributed by atoms with Crippen molar-refractivity contribution in [2.75, 3.05) is 0 Å². The molecule has 0 saturated carbocycles. The van der Waals surface area contributed by atoms with Crippen LogP contribution in [-0.4, -0.2) is 27.2 Å². The average molecular weight is 409 g/mol. The van der Waals surface area contributed by atoms with E-state index in [0.717, 1.165) is 6.21 Å². The molecule has 6 nitrogen and oxygen atoms in total.